The summed E-state index contributed by atoms with van der Waals surface area (Å²) in [5.41, 5.74) is 3.93. The topological polar surface area (TPSA) is 83.2 Å². The first-order valence-electron chi connectivity index (χ1n) is 13.0. The Labute approximate surface area is 218 Å². The standard InChI is InChI=1S/C30H35N5O2/c1-19(37-30(2,3)4)35-26-12-10-23(16-26)28(35)29(36)33-25(17-31)14-20-6-8-21(9-7-20)22-11-13-27-24(15-22)18-32-34(27)5/h6-9,11,13,15,18,23,25-26,28H,1,10,12,14,16H2,2-5H3,(H,33,36)/t23-,25-,26+,28-/m0/s1. The van der Waals surface area contributed by atoms with E-state index in [0.717, 1.165) is 46.9 Å². The molecule has 2 fully saturated rings. The molecule has 192 valence electrons. The molecule has 1 aromatic heterocycles. The summed E-state index contributed by atoms with van der Waals surface area (Å²) in [5.74, 6) is 0.702. The van der Waals surface area contributed by atoms with Gasteiger partial charge in [0.05, 0.1) is 17.8 Å². The predicted octanol–water partition coefficient (Wildman–Crippen LogP) is 4.93. The largest absolute Gasteiger partial charge is 0.474 e. The Hall–Kier alpha value is -3.79. The van der Waals surface area contributed by atoms with Gasteiger partial charge < -0.3 is 15.0 Å². The van der Waals surface area contributed by atoms with Crippen LogP contribution >= 0.6 is 0 Å². The van der Waals surface area contributed by atoms with E-state index >= 15 is 0 Å². The third kappa shape index (κ3) is 5.06. The Morgan fingerprint density at radius 2 is 1.95 bits per heavy atom. The zero-order chi connectivity index (χ0) is 26.3. The Bertz CT molecular complexity index is 1360. The van der Waals surface area contributed by atoms with Crippen LogP contribution in [0.1, 0.15) is 45.6 Å². The summed E-state index contributed by atoms with van der Waals surface area (Å²) in [6.07, 6.45) is 5.35. The third-order valence-corrected chi connectivity index (χ3v) is 7.51. The maximum absolute atomic E-state index is 13.4. The number of ether oxygens (including phenoxy) is 1. The van der Waals surface area contributed by atoms with E-state index in [1.807, 2.05) is 50.8 Å². The van der Waals surface area contributed by atoms with E-state index in [0.29, 0.717) is 12.3 Å². The molecule has 5 rings (SSSR count). The van der Waals surface area contributed by atoms with E-state index in [4.69, 9.17) is 4.74 Å². The zero-order valence-corrected chi connectivity index (χ0v) is 22.1. The number of aryl methyl sites for hydroxylation is 1. The summed E-state index contributed by atoms with van der Waals surface area (Å²) in [6.45, 7) is 10.1. The zero-order valence-electron chi connectivity index (χ0n) is 22.1. The molecule has 1 saturated carbocycles. The fraction of sp³-hybridized carbons (Fsp3) is 0.433. The second-order valence-electron chi connectivity index (χ2n) is 11.3. The minimum atomic E-state index is -0.608. The van der Waals surface area contributed by atoms with Gasteiger partial charge in [0.1, 0.15) is 17.7 Å². The van der Waals surface area contributed by atoms with Crippen LogP contribution < -0.4 is 5.32 Å². The molecule has 0 spiro atoms. The summed E-state index contributed by atoms with van der Waals surface area (Å²) in [7, 11) is 1.94. The number of fused-ring (bicyclic) bond motifs is 3. The molecule has 1 saturated heterocycles. The number of carbonyl (C=O) groups is 1. The van der Waals surface area contributed by atoms with Crippen LogP contribution in [-0.2, 0) is 23.0 Å². The molecule has 2 aromatic carbocycles. The number of amides is 1. The Morgan fingerprint density at radius 1 is 1.22 bits per heavy atom. The number of aromatic nitrogens is 2. The van der Waals surface area contributed by atoms with Crippen LogP contribution in [0.4, 0.5) is 0 Å². The molecule has 2 aliphatic rings. The molecular formula is C30H35N5O2. The molecule has 1 N–H and O–H groups in total. The summed E-state index contributed by atoms with van der Waals surface area (Å²) in [4.78, 5) is 15.5. The number of nitrogens with one attached hydrogen (secondary N) is 1. The number of hydrogen-bond donors (Lipinski definition) is 1. The van der Waals surface area contributed by atoms with Crippen molar-refractivity contribution in [2.45, 2.75) is 70.2 Å². The van der Waals surface area contributed by atoms with E-state index in [1.54, 1.807) is 0 Å². The van der Waals surface area contributed by atoms with Gasteiger partial charge in [0.15, 0.2) is 5.88 Å². The number of piperidine rings is 1. The fourth-order valence-corrected chi connectivity index (χ4v) is 5.89. The van der Waals surface area contributed by atoms with Gasteiger partial charge in [-0.25, -0.2) is 0 Å². The van der Waals surface area contributed by atoms with Gasteiger partial charge in [-0.05, 0) is 81.4 Å². The number of rotatable bonds is 7. The maximum atomic E-state index is 13.4. The first kappa shape index (κ1) is 24.9. The number of nitriles is 1. The molecule has 2 heterocycles. The normalized spacial score (nSPS) is 21.6. The van der Waals surface area contributed by atoms with E-state index in [9.17, 15) is 10.1 Å². The van der Waals surface area contributed by atoms with Gasteiger partial charge in [-0.15, -0.1) is 0 Å². The van der Waals surface area contributed by atoms with E-state index < -0.39 is 6.04 Å². The van der Waals surface area contributed by atoms with Gasteiger partial charge >= 0.3 is 0 Å². The average molecular weight is 498 g/mol. The molecule has 1 aliphatic heterocycles. The number of carbonyl (C=O) groups excluding carboxylic acids is 1. The highest BCUT2D eigenvalue weighted by molar-refractivity contribution is 5.85. The van der Waals surface area contributed by atoms with Crippen LogP contribution in [0.3, 0.4) is 0 Å². The highest BCUT2D eigenvalue weighted by atomic mass is 16.5. The molecular weight excluding hydrogens is 462 g/mol. The first-order valence-corrected chi connectivity index (χ1v) is 13.0. The van der Waals surface area contributed by atoms with Crippen molar-refractivity contribution >= 4 is 16.8 Å². The van der Waals surface area contributed by atoms with Crippen LogP contribution in [-0.4, -0.2) is 44.3 Å². The molecule has 1 amide bonds. The first-order chi connectivity index (χ1) is 17.6. The highest BCUT2D eigenvalue weighted by Gasteiger charge is 2.50. The highest BCUT2D eigenvalue weighted by Crippen LogP contribution is 2.45. The number of likely N-dealkylation sites (tertiary alicyclic amines) is 1. The monoisotopic (exact) mass is 497 g/mol. The van der Waals surface area contributed by atoms with Gasteiger partial charge in [-0.1, -0.05) is 30.3 Å². The van der Waals surface area contributed by atoms with Gasteiger partial charge in [-0.2, -0.15) is 10.4 Å². The molecule has 3 aromatic rings. The van der Waals surface area contributed by atoms with E-state index in [2.05, 4.69) is 58.3 Å². The van der Waals surface area contributed by atoms with Gasteiger partial charge in [0.25, 0.3) is 0 Å². The summed E-state index contributed by atoms with van der Waals surface area (Å²) < 4.78 is 7.90. The van der Waals surface area contributed by atoms with Crippen molar-refractivity contribution < 1.29 is 9.53 Å². The molecule has 0 unspecified atom stereocenters. The van der Waals surface area contributed by atoms with Crippen LogP contribution in [0.15, 0.2) is 61.1 Å². The second kappa shape index (κ2) is 9.59. The molecule has 1 aliphatic carbocycles. The number of benzene rings is 2. The lowest BCUT2D eigenvalue weighted by atomic mass is 9.96. The lowest BCUT2D eigenvalue weighted by molar-refractivity contribution is -0.130. The van der Waals surface area contributed by atoms with Crippen molar-refractivity contribution in [1.29, 1.82) is 5.26 Å². The number of hydrogen-bond acceptors (Lipinski definition) is 5. The molecule has 7 heteroatoms. The van der Waals surface area contributed by atoms with Crippen LogP contribution in [0, 0.1) is 17.2 Å². The Morgan fingerprint density at radius 3 is 2.65 bits per heavy atom. The van der Waals surface area contributed by atoms with Crippen LogP contribution in [0.2, 0.25) is 0 Å². The minimum absolute atomic E-state index is 0.112. The van der Waals surface area contributed by atoms with Crippen molar-refractivity contribution in [2.75, 3.05) is 0 Å². The van der Waals surface area contributed by atoms with Crippen molar-refractivity contribution in [1.82, 2.24) is 20.0 Å². The summed E-state index contributed by atoms with van der Waals surface area (Å²) in [6, 6.07) is 16.1. The third-order valence-electron chi connectivity index (χ3n) is 7.51. The van der Waals surface area contributed by atoms with Gasteiger partial charge in [-0.3, -0.25) is 9.48 Å². The maximum Gasteiger partial charge on any atom is 0.244 e. The molecule has 2 bridgehead atoms. The van der Waals surface area contributed by atoms with Crippen LogP contribution in [0.25, 0.3) is 22.0 Å². The second-order valence-corrected chi connectivity index (χ2v) is 11.3. The lowest BCUT2D eigenvalue weighted by Crippen LogP contribution is -2.52. The average Bonchev–Trinajstić information content (AvgIpc) is 3.57. The quantitative estimate of drug-likeness (QED) is 0.468. The Kier molecular flexibility index (Phi) is 6.45. The lowest BCUT2D eigenvalue weighted by Gasteiger charge is -2.39. The van der Waals surface area contributed by atoms with E-state index in [-0.39, 0.29) is 29.5 Å². The minimum Gasteiger partial charge on any atom is -0.474 e. The summed E-state index contributed by atoms with van der Waals surface area (Å²) in [5, 5.41) is 18.3. The molecule has 7 nitrogen and oxygen atoms in total. The SMILES string of the molecule is C=C(OC(C)(C)C)N1[C@@H]2CC[C@@H](C2)[C@H]1C(=O)N[C@H](C#N)Cc1ccc(-c2ccc3c(cnn3C)c2)cc1. The fourth-order valence-electron chi connectivity index (χ4n) is 5.89. The molecule has 0 radical (unpaired) electrons. The summed E-state index contributed by atoms with van der Waals surface area (Å²) >= 11 is 0. The predicted molar refractivity (Wildman–Crippen MR) is 144 cm³/mol. The molecule has 4 atom stereocenters. The van der Waals surface area contributed by atoms with E-state index in [1.165, 1.54) is 0 Å². The number of nitrogens with zero attached hydrogens (tertiary/aromatic N) is 4. The van der Waals surface area contributed by atoms with Crippen molar-refractivity contribution in [3.05, 3.63) is 66.7 Å². The van der Waals surface area contributed by atoms with Crippen molar-refractivity contribution in [3.8, 4) is 17.2 Å². The van der Waals surface area contributed by atoms with Gasteiger partial charge in [0, 0.05) is 24.9 Å². The van der Waals surface area contributed by atoms with Crippen molar-refractivity contribution in [3.63, 3.8) is 0 Å². The van der Waals surface area contributed by atoms with Crippen molar-refractivity contribution in [2.24, 2.45) is 13.0 Å². The van der Waals surface area contributed by atoms with Crippen LogP contribution in [0.5, 0.6) is 0 Å². The smallest absolute Gasteiger partial charge is 0.244 e. The Balaban J connectivity index is 1.25. The molecule has 37 heavy (non-hydrogen) atoms. The van der Waals surface area contributed by atoms with Gasteiger partial charge in [0.2, 0.25) is 5.91 Å².